The third-order valence-electron chi connectivity index (χ3n) is 5.24. The summed E-state index contributed by atoms with van der Waals surface area (Å²) in [4.78, 5) is 9.12. The van der Waals surface area contributed by atoms with Gasteiger partial charge in [0.25, 0.3) is 0 Å². The third kappa shape index (κ3) is 6.45. The van der Waals surface area contributed by atoms with E-state index in [1.807, 2.05) is 60.3 Å². The van der Waals surface area contributed by atoms with E-state index in [1.54, 1.807) is 0 Å². The number of unbranched alkanes of at least 4 members (excludes halogenated alkanes) is 7. The third-order valence-corrected chi connectivity index (χ3v) is 5.24. The first-order valence-electron chi connectivity index (χ1n) is 11.0. The van der Waals surface area contributed by atoms with E-state index >= 15 is 0 Å². The van der Waals surface area contributed by atoms with Crippen LogP contribution in [0.15, 0.2) is 53.5 Å². The Hall–Kier alpha value is -2.62. The van der Waals surface area contributed by atoms with Gasteiger partial charge in [0.15, 0.2) is 0 Å². The van der Waals surface area contributed by atoms with E-state index in [0.717, 1.165) is 35.4 Å². The topological polar surface area (TPSA) is 39.4 Å². The van der Waals surface area contributed by atoms with Gasteiger partial charge in [-0.25, -0.2) is 9.98 Å². The molecular formula is C25H33N3O. The summed E-state index contributed by atoms with van der Waals surface area (Å²) in [6.07, 6.45) is 12.4. The molecule has 4 heteroatoms. The average molecular weight is 392 g/mol. The summed E-state index contributed by atoms with van der Waals surface area (Å²) in [5.74, 6) is 1.63. The summed E-state index contributed by atoms with van der Waals surface area (Å²) in [6.45, 7) is 3.06. The van der Waals surface area contributed by atoms with Crippen molar-refractivity contribution < 1.29 is 4.74 Å². The molecule has 0 bridgehead atoms. The number of ether oxygens (including phenoxy) is 1. The largest absolute Gasteiger partial charge is 0.494 e. The van der Waals surface area contributed by atoms with Gasteiger partial charge in [0, 0.05) is 13.3 Å². The molecule has 0 fully saturated rings. The number of nitrogens with zero attached hydrogens (tertiary/aromatic N) is 3. The predicted octanol–water partition coefficient (Wildman–Crippen LogP) is 6.84. The van der Waals surface area contributed by atoms with Gasteiger partial charge in [-0.15, -0.1) is 0 Å². The lowest BCUT2D eigenvalue weighted by Gasteiger charge is -2.06. The molecule has 2 aromatic carbocycles. The Labute approximate surface area is 174 Å². The van der Waals surface area contributed by atoms with Crippen LogP contribution < -0.4 is 4.74 Å². The molecule has 0 radical (unpaired) electrons. The van der Waals surface area contributed by atoms with Crippen LogP contribution in [0.3, 0.4) is 0 Å². The van der Waals surface area contributed by atoms with Crippen molar-refractivity contribution in [1.29, 1.82) is 0 Å². The summed E-state index contributed by atoms with van der Waals surface area (Å²) in [5.41, 5.74) is 3.09. The smallest absolute Gasteiger partial charge is 0.230 e. The fourth-order valence-electron chi connectivity index (χ4n) is 3.46. The van der Waals surface area contributed by atoms with Crippen LogP contribution in [0, 0.1) is 0 Å². The Kier molecular flexibility index (Phi) is 8.29. The summed E-state index contributed by atoms with van der Waals surface area (Å²) < 4.78 is 7.87. The van der Waals surface area contributed by atoms with Crippen molar-refractivity contribution in [2.75, 3.05) is 6.61 Å². The lowest BCUT2D eigenvalue weighted by molar-refractivity contribution is 0.304. The molecule has 1 heterocycles. The van der Waals surface area contributed by atoms with Crippen molar-refractivity contribution in [2.45, 2.75) is 58.3 Å². The van der Waals surface area contributed by atoms with Gasteiger partial charge in [-0.2, -0.15) is 0 Å². The zero-order valence-electron chi connectivity index (χ0n) is 17.8. The molecule has 0 aliphatic heterocycles. The van der Waals surface area contributed by atoms with Crippen LogP contribution >= 0.6 is 0 Å². The van der Waals surface area contributed by atoms with E-state index in [9.17, 15) is 0 Å². The second kappa shape index (κ2) is 11.4. The summed E-state index contributed by atoms with van der Waals surface area (Å²) in [6, 6.07) is 16.2. The molecule has 29 heavy (non-hydrogen) atoms. The number of aromatic nitrogens is 2. The van der Waals surface area contributed by atoms with E-state index in [2.05, 4.69) is 23.0 Å². The Morgan fingerprint density at radius 2 is 1.59 bits per heavy atom. The van der Waals surface area contributed by atoms with E-state index in [4.69, 9.17) is 4.74 Å². The number of rotatable bonds is 12. The molecule has 0 aliphatic rings. The Balaban J connectivity index is 1.41. The number of imidazole rings is 1. The maximum atomic E-state index is 5.87. The molecule has 0 atom stereocenters. The molecule has 0 spiro atoms. The maximum absolute atomic E-state index is 5.87. The standard InChI is InChI=1S/C25H33N3O/c1-3-4-5-6-7-8-9-12-19-29-22-17-15-21(16-18-22)20-26-25-27-23-13-10-11-14-24(23)28(25)2/h10-11,13-18,20H,3-9,12,19H2,1-2H3/b26-20-. The van der Waals surface area contributed by atoms with E-state index in [-0.39, 0.29) is 0 Å². The Morgan fingerprint density at radius 1 is 0.897 bits per heavy atom. The lowest BCUT2D eigenvalue weighted by Crippen LogP contribution is -1.97. The van der Waals surface area contributed by atoms with Crippen LogP contribution in [-0.2, 0) is 7.05 Å². The molecule has 3 aromatic rings. The van der Waals surface area contributed by atoms with E-state index in [0.29, 0.717) is 5.95 Å². The molecule has 0 saturated carbocycles. The summed E-state index contributed by atoms with van der Waals surface area (Å²) >= 11 is 0. The molecule has 154 valence electrons. The number of fused-ring (bicyclic) bond motifs is 1. The lowest BCUT2D eigenvalue weighted by atomic mass is 10.1. The monoisotopic (exact) mass is 391 g/mol. The van der Waals surface area contributed by atoms with Crippen molar-refractivity contribution in [1.82, 2.24) is 9.55 Å². The zero-order valence-corrected chi connectivity index (χ0v) is 17.8. The molecular weight excluding hydrogens is 358 g/mol. The van der Waals surface area contributed by atoms with Gasteiger partial charge < -0.3 is 9.30 Å². The SMILES string of the molecule is CCCCCCCCCCOc1ccc(/C=N\c2nc3ccccc3n2C)cc1. The molecule has 0 unspecified atom stereocenters. The van der Waals surface area contributed by atoms with Crippen LogP contribution in [0.2, 0.25) is 0 Å². The quantitative estimate of drug-likeness (QED) is 0.250. The van der Waals surface area contributed by atoms with Crippen molar-refractivity contribution in [2.24, 2.45) is 12.0 Å². The van der Waals surface area contributed by atoms with Gasteiger partial charge in [-0.1, -0.05) is 64.0 Å². The first kappa shape index (κ1) is 21.1. The molecule has 3 rings (SSSR count). The Bertz CT molecular complexity index is 896. The van der Waals surface area contributed by atoms with Gasteiger partial charge >= 0.3 is 0 Å². The molecule has 0 amide bonds. The number of benzene rings is 2. The summed E-state index contributed by atoms with van der Waals surface area (Å²) in [7, 11) is 1.99. The normalized spacial score (nSPS) is 11.5. The van der Waals surface area contributed by atoms with Gasteiger partial charge in [0.05, 0.1) is 17.6 Å². The van der Waals surface area contributed by atoms with Gasteiger partial charge in [-0.3, -0.25) is 0 Å². The fraction of sp³-hybridized carbons (Fsp3) is 0.440. The predicted molar refractivity (Wildman–Crippen MR) is 123 cm³/mol. The zero-order chi connectivity index (χ0) is 20.3. The van der Waals surface area contributed by atoms with Crippen LogP contribution in [0.5, 0.6) is 5.75 Å². The van der Waals surface area contributed by atoms with E-state index < -0.39 is 0 Å². The van der Waals surface area contributed by atoms with E-state index in [1.165, 1.54) is 44.9 Å². The van der Waals surface area contributed by atoms with Crippen LogP contribution in [0.25, 0.3) is 11.0 Å². The number of aliphatic imine (C=N–C) groups is 1. The highest BCUT2D eigenvalue weighted by molar-refractivity contribution is 5.83. The molecule has 0 saturated heterocycles. The second-order valence-corrected chi connectivity index (χ2v) is 7.61. The summed E-state index contributed by atoms with van der Waals surface area (Å²) in [5, 5.41) is 0. The molecule has 4 nitrogen and oxygen atoms in total. The van der Waals surface area contributed by atoms with Crippen molar-refractivity contribution >= 4 is 23.2 Å². The van der Waals surface area contributed by atoms with Crippen molar-refractivity contribution in [3.8, 4) is 5.75 Å². The van der Waals surface area contributed by atoms with Gasteiger partial charge in [-0.05, 0) is 48.4 Å². The highest BCUT2D eigenvalue weighted by Gasteiger charge is 2.04. The van der Waals surface area contributed by atoms with Gasteiger partial charge in [0.1, 0.15) is 5.75 Å². The minimum Gasteiger partial charge on any atom is -0.494 e. The molecule has 1 aromatic heterocycles. The number of para-hydroxylation sites is 2. The maximum Gasteiger partial charge on any atom is 0.230 e. The van der Waals surface area contributed by atoms with Crippen molar-refractivity contribution in [3.63, 3.8) is 0 Å². The highest BCUT2D eigenvalue weighted by Crippen LogP contribution is 2.20. The number of aryl methyl sites for hydroxylation is 1. The average Bonchev–Trinajstić information content (AvgIpc) is 3.08. The van der Waals surface area contributed by atoms with Crippen LogP contribution in [0.4, 0.5) is 5.95 Å². The molecule has 0 N–H and O–H groups in total. The van der Waals surface area contributed by atoms with Crippen LogP contribution in [-0.4, -0.2) is 22.4 Å². The fourth-order valence-corrected chi connectivity index (χ4v) is 3.46. The Morgan fingerprint density at radius 3 is 2.31 bits per heavy atom. The molecule has 0 aliphatic carbocycles. The number of hydrogen-bond acceptors (Lipinski definition) is 3. The van der Waals surface area contributed by atoms with Gasteiger partial charge in [0.2, 0.25) is 5.95 Å². The minimum atomic E-state index is 0.709. The first-order chi connectivity index (χ1) is 14.3. The van der Waals surface area contributed by atoms with Crippen molar-refractivity contribution in [3.05, 3.63) is 54.1 Å². The minimum absolute atomic E-state index is 0.709. The highest BCUT2D eigenvalue weighted by atomic mass is 16.5. The van der Waals surface area contributed by atoms with Crippen LogP contribution in [0.1, 0.15) is 63.9 Å². The number of hydrogen-bond donors (Lipinski definition) is 0. The first-order valence-corrected chi connectivity index (χ1v) is 11.0. The second-order valence-electron chi connectivity index (χ2n) is 7.61.